The quantitative estimate of drug-likeness (QED) is 0.583. The van der Waals surface area contributed by atoms with Gasteiger partial charge in [-0.1, -0.05) is 6.07 Å². The summed E-state index contributed by atoms with van der Waals surface area (Å²) in [4.78, 5) is 22.9. The van der Waals surface area contributed by atoms with Gasteiger partial charge < -0.3 is 15.7 Å². The summed E-state index contributed by atoms with van der Waals surface area (Å²) in [6.07, 6.45) is 0.372. The SMILES string of the molecule is O=C(NCCCNC(=O)c1cccc(O)c1)c1ccc(S(=O)(=O)C(F)(F)F)cc1. The Hall–Kier alpha value is -3.08. The van der Waals surface area contributed by atoms with Crippen LogP contribution < -0.4 is 10.6 Å². The largest absolute Gasteiger partial charge is 0.508 e. The minimum absolute atomic E-state index is 0.00470. The molecule has 0 spiro atoms. The van der Waals surface area contributed by atoms with Gasteiger partial charge in [0.2, 0.25) is 0 Å². The fourth-order valence-corrected chi connectivity index (χ4v) is 3.02. The number of sulfone groups is 1. The van der Waals surface area contributed by atoms with Crippen molar-refractivity contribution < 1.29 is 36.3 Å². The van der Waals surface area contributed by atoms with Crippen molar-refractivity contribution in [2.45, 2.75) is 16.8 Å². The van der Waals surface area contributed by atoms with Crippen LogP contribution in [0.3, 0.4) is 0 Å². The molecule has 0 fully saturated rings. The van der Waals surface area contributed by atoms with E-state index in [1.807, 2.05) is 0 Å². The number of carbonyl (C=O) groups excluding carboxylic acids is 2. The molecule has 2 aromatic rings. The zero-order chi connectivity index (χ0) is 21.7. The number of alkyl halides is 3. The molecule has 0 unspecified atom stereocenters. The van der Waals surface area contributed by atoms with E-state index in [1.54, 1.807) is 0 Å². The van der Waals surface area contributed by atoms with E-state index in [4.69, 9.17) is 0 Å². The molecule has 29 heavy (non-hydrogen) atoms. The molecule has 0 atom stereocenters. The molecule has 2 aromatic carbocycles. The van der Waals surface area contributed by atoms with Crippen LogP contribution >= 0.6 is 0 Å². The molecular formula is C18H17F3N2O5S. The molecule has 0 aliphatic carbocycles. The van der Waals surface area contributed by atoms with E-state index in [9.17, 15) is 36.3 Å². The van der Waals surface area contributed by atoms with Crippen molar-refractivity contribution in [2.24, 2.45) is 0 Å². The Morgan fingerprint density at radius 3 is 1.97 bits per heavy atom. The molecule has 0 bridgehead atoms. The summed E-state index contributed by atoms with van der Waals surface area (Å²) in [5.74, 6) is -1.03. The number of amides is 2. The van der Waals surface area contributed by atoms with Gasteiger partial charge in [0.15, 0.2) is 0 Å². The lowest BCUT2D eigenvalue weighted by atomic mass is 10.2. The third-order valence-corrected chi connectivity index (χ3v) is 5.27. The van der Waals surface area contributed by atoms with Crippen LogP contribution in [0.25, 0.3) is 0 Å². The number of carbonyl (C=O) groups is 2. The number of benzene rings is 2. The Morgan fingerprint density at radius 1 is 0.897 bits per heavy atom. The van der Waals surface area contributed by atoms with Crippen LogP contribution in [0, 0.1) is 0 Å². The summed E-state index contributed by atoms with van der Waals surface area (Å²) < 4.78 is 60.0. The first kappa shape index (κ1) is 22.2. The molecule has 0 radical (unpaired) electrons. The van der Waals surface area contributed by atoms with Gasteiger partial charge in [-0.25, -0.2) is 8.42 Å². The normalized spacial score (nSPS) is 11.7. The van der Waals surface area contributed by atoms with Crippen molar-refractivity contribution in [2.75, 3.05) is 13.1 Å². The highest BCUT2D eigenvalue weighted by molar-refractivity contribution is 7.92. The maximum Gasteiger partial charge on any atom is 0.501 e. The van der Waals surface area contributed by atoms with Gasteiger partial charge in [-0.3, -0.25) is 9.59 Å². The fourth-order valence-electron chi connectivity index (χ4n) is 2.26. The number of phenolic OH excluding ortho intramolecular Hbond substituents is 1. The van der Waals surface area contributed by atoms with Gasteiger partial charge in [0.1, 0.15) is 5.75 Å². The van der Waals surface area contributed by atoms with Gasteiger partial charge >= 0.3 is 5.51 Å². The van der Waals surface area contributed by atoms with Crippen LogP contribution in [-0.4, -0.2) is 43.9 Å². The van der Waals surface area contributed by atoms with Crippen molar-refractivity contribution in [3.8, 4) is 5.75 Å². The number of hydrogen-bond donors (Lipinski definition) is 3. The molecular weight excluding hydrogens is 413 g/mol. The van der Waals surface area contributed by atoms with E-state index in [2.05, 4.69) is 10.6 Å². The number of aromatic hydroxyl groups is 1. The second kappa shape index (κ2) is 8.95. The Morgan fingerprint density at radius 2 is 1.45 bits per heavy atom. The lowest BCUT2D eigenvalue weighted by Gasteiger charge is -2.09. The van der Waals surface area contributed by atoms with Gasteiger partial charge in [-0.15, -0.1) is 0 Å². The predicted molar refractivity (Wildman–Crippen MR) is 97.1 cm³/mol. The fraction of sp³-hybridized carbons (Fsp3) is 0.222. The number of hydrogen-bond acceptors (Lipinski definition) is 5. The molecule has 2 rings (SSSR count). The van der Waals surface area contributed by atoms with E-state index in [0.717, 1.165) is 12.1 Å². The monoisotopic (exact) mass is 430 g/mol. The molecule has 3 N–H and O–H groups in total. The van der Waals surface area contributed by atoms with E-state index >= 15 is 0 Å². The van der Waals surface area contributed by atoms with E-state index in [1.165, 1.54) is 24.3 Å². The van der Waals surface area contributed by atoms with Crippen LogP contribution in [0.1, 0.15) is 27.1 Å². The van der Waals surface area contributed by atoms with Gasteiger partial charge in [0.05, 0.1) is 4.90 Å². The maximum atomic E-state index is 12.5. The van der Waals surface area contributed by atoms with Crippen molar-refractivity contribution in [1.82, 2.24) is 10.6 Å². The van der Waals surface area contributed by atoms with Gasteiger partial charge in [0, 0.05) is 24.2 Å². The van der Waals surface area contributed by atoms with Crippen LogP contribution in [0.4, 0.5) is 13.2 Å². The molecule has 0 aliphatic heterocycles. The van der Waals surface area contributed by atoms with Gasteiger partial charge in [-0.2, -0.15) is 13.2 Å². The summed E-state index contributed by atoms with van der Waals surface area (Å²) >= 11 is 0. The van der Waals surface area contributed by atoms with Crippen LogP contribution in [0.15, 0.2) is 53.4 Å². The highest BCUT2D eigenvalue weighted by Gasteiger charge is 2.46. The van der Waals surface area contributed by atoms with Crippen molar-refractivity contribution in [3.05, 3.63) is 59.7 Å². The summed E-state index contributed by atoms with van der Waals surface area (Å²) in [6.45, 7) is 0.402. The van der Waals surface area contributed by atoms with E-state index < -0.39 is 32.1 Å². The third kappa shape index (κ3) is 5.70. The first-order valence-corrected chi connectivity index (χ1v) is 9.77. The predicted octanol–water partition coefficient (Wildman–Crippen LogP) is 2.24. The minimum Gasteiger partial charge on any atom is -0.508 e. The molecule has 11 heteroatoms. The lowest BCUT2D eigenvalue weighted by molar-refractivity contribution is -0.0436. The average Bonchev–Trinajstić information content (AvgIpc) is 2.66. The highest BCUT2D eigenvalue weighted by atomic mass is 32.2. The van der Waals surface area contributed by atoms with E-state index in [0.29, 0.717) is 18.6 Å². The van der Waals surface area contributed by atoms with Gasteiger partial charge in [-0.05, 0) is 48.9 Å². The Bertz CT molecular complexity index is 989. The molecule has 0 aliphatic rings. The van der Waals surface area contributed by atoms with Crippen LogP contribution in [0.2, 0.25) is 0 Å². The number of rotatable bonds is 7. The van der Waals surface area contributed by atoms with Crippen molar-refractivity contribution >= 4 is 21.7 Å². The molecule has 0 saturated heterocycles. The first-order chi connectivity index (χ1) is 13.5. The maximum absolute atomic E-state index is 12.5. The second-order valence-corrected chi connectivity index (χ2v) is 7.83. The van der Waals surface area contributed by atoms with Crippen molar-refractivity contribution in [3.63, 3.8) is 0 Å². The second-order valence-electron chi connectivity index (χ2n) is 5.89. The lowest BCUT2D eigenvalue weighted by Crippen LogP contribution is -2.30. The third-order valence-electron chi connectivity index (χ3n) is 3.76. The van der Waals surface area contributed by atoms with E-state index in [-0.39, 0.29) is 30.0 Å². The molecule has 0 aromatic heterocycles. The first-order valence-electron chi connectivity index (χ1n) is 8.29. The standard InChI is InChI=1S/C18H17F3N2O5S/c19-18(20,21)29(27,28)15-7-5-12(6-8-15)16(25)22-9-2-10-23-17(26)13-3-1-4-14(24)11-13/h1,3-8,11,24H,2,9-10H2,(H,22,25)(H,23,26). The Kier molecular flexibility index (Phi) is 6.85. The van der Waals surface area contributed by atoms with Crippen LogP contribution in [0.5, 0.6) is 5.75 Å². The number of halogens is 3. The molecule has 0 heterocycles. The smallest absolute Gasteiger partial charge is 0.501 e. The highest BCUT2D eigenvalue weighted by Crippen LogP contribution is 2.30. The zero-order valence-corrected chi connectivity index (χ0v) is 15.7. The molecule has 7 nitrogen and oxygen atoms in total. The molecule has 156 valence electrons. The Balaban J connectivity index is 1.80. The summed E-state index contributed by atoms with van der Waals surface area (Å²) in [5.41, 5.74) is -5.14. The summed E-state index contributed by atoms with van der Waals surface area (Å²) in [7, 11) is -5.46. The van der Waals surface area contributed by atoms with Crippen molar-refractivity contribution in [1.29, 1.82) is 0 Å². The Labute approximate surface area is 164 Å². The summed E-state index contributed by atoms with van der Waals surface area (Å²) in [5, 5.41) is 14.4. The van der Waals surface area contributed by atoms with Gasteiger partial charge in [0.25, 0.3) is 21.7 Å². The van der Waals surface area contributed by atoms with Crippen LogP contribution in [-0.2, 0) is 9.84 Å². The molecule has 2 amide bonds. The molecule has 0 saturated carbocycles. The topological polar surface area (TPSA) is 113 Å². The number of phenols is 1. The zero-order valence-electron chi connectivity index (χ0n) is 14.9. The number of nitrogens with one attached hydrogen (secondary N) is 2. The average molecular weight is 430 g/mol. The summed E-state index contributed by atoms with van der Waals surface area (Å²) in [6, 6.07) is 9.18. The minimum atomic E-state index is -5.46.